The number of nitrogens with two attached hydrogens (primary N) is 1. The maximum absolute atomic E-state index is 7.00. The Morgan fingerprint density at radius 3 is 1.43 bits per heavy atom. The Labute approximate surface area is 134 Å². The lowest BCUT2D eigenvalue weighted by molar-refractivity contribution is 0.399. The normalized spacial score (nSPS) is 10.7. The van der Waals surface area contributed by atoms with E-state index in [9.17, 15) is 0 Å². The van der Waals surface area contributed by atoms with E-state index >= 15 is 0 Å². The highest BCUT2D eigenvalue weighted by atomic mass is 16.2. The number of hydrogen-bond acceptors (Lipinski definition) is 2. The van der Waals surface area contributed by atoms with Gasteiger partial charge in [0.2, 0.25) is 0 Å². The third kappa shape index (κ3) is 25.0. The van der Waals surface area contributed by atoms with Crippen LogP contribution in [0, 0.1) is 0 Å². The van der Waals surface area contributed by atoms with Crippen LogP contribution in [0.2, 0.25) is 0 Å². The van der Waals surface area contributed by atoms with Gasteiger partial charge in [-0.25, -0.2) is 0 Å². The molecule has 21 heavy (non-hydrogen) atoms. The first-order valence-electron chi connectivity index (χ1n) is 9.21. The molecule has 0 saturated carbocycles. The molecule has 2 nitrogen and oxygen atoms in total. The van der Waals surface area contributed by atoms with Gasteiger partial charge in [-0.15, -0.1) is 0 Å². The summed E-state index contributed by atoms with van der Waals surface area (Å²) in [7, 11) is 1.00. The molecule has 2 heteroatoms. The van der Waals surface area contributed by atoms with Gasteiger partial charge < -0.3 is 10.8 Å². The van der Waals surface area contributed by atoms with Gasteiger partial charge in [-0.3, -0.25) is 0 Å². The fourth-order valence-electron chi connectivity index (χ4n) is 2.39. The molecule has 0 aromatic heterocycles. The summed E-state index contributed by atoms with van der Waals surface area (Å²) >= 11 is 0. The summed E-state index contributed by atoms with van der Waals surface area (Å²) < 4.78 is 0. The van der Waals surface area contributed by atoms with Crippen LogP contribution in [0.1, 0.15) is 96.8 Å². The predicted molar refractivity (Wildman–Crippen MR) is 96.6 cm³/mol. The summed E-state index contributed by atoms with van der Waals surface area (Å²) in [6.07, 6.45) is 23.9. The topological polar surface area (TPSA) is 46.2 Å². The molecule has 0 radical (unpaired) electrons. The van der Waals surface area contributed by atoms with Gasteiger partial charge >= 0.3 is 0 Å². The molecular formula is C19H41NO. The second-order valence-electron chi connectivity index (χ2n) is 5.73. The van der Waals surface area contributed by atoms with Crippen molar-refractivity contribution in [3.8, 4) is 0 Å². The number of hydrogen-bond donors (Lipinski definition) is 2. The minimum Gasteiger partial charge on any atom is -0.400 e. The van der Waals surface area contributed by atoms with Crippen molar-refractivity contribution in [1.29, 1.82) is 0 Å². The first kappa shape index (κ1) is 22.9. The van der Waals surface area contributed by atoms with Crippen molar-refractivity contribution in [2.24, 2.45) is 5.73 Å². The Balaban J connectivity index is 0. The molecular weight excluding hydrogens is 258 g/mol. The molecule has 128 valence electrons. The van der Waals surface area contributed by atoms with Crippen LogP contribution >= 0.6 is 0 Å². The fraction of sp³-hybridized carbons (Fsp3) is 0.895. The quantitative estimate of drug-likeness (QED) is 0.306. The van der Waals surface area contributed by atoms with E-state index < -0.39 is 0 Å². The molecule has 0 aliphatic heterocycles. The van der Waals surface area contributed by atoms with Gasteiger partial charge in [0.15, 0.2) is 0 Å². The van der Waals surface area contributed by atoms with Crippen molar-refractivity contribution in [3.63, 3.8) is 0 Å². The molecule has 0 amide bonds. The molecule has 0 unspecified atom stereocenters. The molecule has 0 spiro atoms. The highest BCUT2D eigenvalue weighted by molar-refractivity contribution is 4.81. The van der Waals surface area contributed by atoms with Crippen molar-refractivity contribution in [2.75, 3.05) is 13.7 Å². The van der Waals surface area contributed by atoms with Crippen molar-refractivity contribution < 1.29 is 5.11 Å². The summed E-state index contributed by atoms with van der Waals surface area (Å²) in [4.78, 5) is 0. The van der Waals surface area contributed by atoms with Crippen LogP contribution in [-0.2, 0) is 0 Å². The largest absolute Gasteiger partial charge is 0.400 e. The molecule has 0 fully saturated rings. The summed E-state index contributed by atoms with van der Waals surface area (Å²) in [5, 5.41) is 7.00. The second kappa shape index (κ2) is 24.7. The smallest absolute Gasteiger partial charge is 0.0319 e. The summed E-state index contributed by atoms with van der Waals surface area (Å²) in [6.45, 7) is 3.14. The lowest BCUT2D eigenvalue weighted by Crippen LogP contribution is -1.97. The van der Waals surface area contributed by atoms with Crippen LogP contribution < -0.4 is 5.73 Å². The number of aliphatic hydroxyl groups excluding tert-OH is 1. The second-order valence-corrected chi connectivity index (χ2v) is 5.73. The molecule has 3 N–H and O–H groups in total. The van der Waals surface area contributed by atoms with Gasteiger partial charge in [0, 0.05) is 7.11 Å². The van der Waals surface area contributed by atoms with Gasteiger partial charge in [0.1, 0.15) is 0 Å². The van der Waals surface area contributed by atoms with Gasteiger partial charge in [0.25, 0.3) is 0 Å². The molecule has 0 aliphatic rings. The fourth-order valence-corrected chi connectivity index (χ4v) is 2.39. The monoisotopic (exact) mass is 299 g/mol. The van der Waals surface area contributed by atoms with Crippen LogP contribution in [0.5, 0.6) is 0 Å². The average molecular weight is 300 g/mol. The van der Waals surface area contributed by atoms with Gasteiger partial charge in [0.05, 0.1) is 0 Å². The summed E-state index contributed by atoms with van der Waals surface area (Å²) in [6, 6.07) is 0. The van der Waals surface area contributed by atoms with E-state index in [0.717, 1.165) is 13.7 Å². The number of allylic oxidation sites excluding steroid dienone is 2. The lowest BCUT2D eigenvalue weighted by atomic mass is 10.1. The zero-order valence-corrected chi connectivity index (χ0v) is 14.8. The number of rotatable bonds is 15. The standard InChI is InChI=1S/C18H37N.CH4O/c1-2-3-4-5-6-7-8-9-10-11-12-13-14-15-16-17-18-19;1-2/h9-10H,2-8,11-19H2,1H3;2H,1H3/b10-9-;. The minimum absolute atomic E-state index is 0.862. The highest BCUT2D eigenvalue weighted by Gasteiger charge is 1.90. The molecule has 0 saturated heterocycles. The van der Waals surface area contributed by atoms with Crippen molar-refractivity contribution >= 4 is 0 Å². The van der Waals surface area contributed by atoms with Crippen molar-refractivity contribution in [1.82, 2.24) is 0 Å². The Hall–Kier alpha value is -0.340. The number of aliphatic hydroxyl groups is 1. The molecule has 0 rings (SSSR count). The van der Waals surface area contributed by atoms with E-state index in [1.165, 1.54) is 89.9 Å². The van der Waals surface area contributed by atoms with Gasteiger partial charge in [-0.1, -0.05) is 76.9 Å². The maximum atomic E-state index is 7.00. The van der Waals surface area contributed by atoms with Gasteiger partial charge in [-0.05, 0) is 38.6 Å². The van der Waals surface area contributed by atoms with E-state index in [0.29, 0.717) is 0 Å². The Bertz CT molecular complexity index is 180. The van der Waals surface area contributed by atoms with E-state index in [1.807, 2.05) is 0 Å². The summed E-state index contributed by atoms with van der Waals surface area (Å²) in [5.74, 6) is 0. The molecule has 0 bridgehead atoms. The molecule has 0 heterocycles. The zero-order valence-electron chi connectivity index (χ0n) is 14.8. The van der Waals surface area contributed by atoms with Crippen molar-refractivity contribution in [2.45, 2.75) is 96.8 Å². The first-order chi connectivity index (χ1) is 10.4. The number of unbranched alkanes of at least 4 members (excludes halogenated alkanes) is 12. The lowest BCUT2D eigenvalue weighted by Gasteiger charge is -1.99. The van der Waals surface area contributed by atoms with Crippen molar-refractivity contribution in [3.05, 3.63) is 12.2 Å². The molecule has 0 atom stereocenters. The van der Waals surface area contributed by atoms with E-state index in [1.54, 1.807) is 0 Å². The Morgan fingerprint density at radius 1 is 0.619 bits per heavy atom. The predicted octanol–water partition coefficient (Wildman–Crippen LogP) is 5.59. The minimum atomic E-state index is 0.862. The van der Waals surface area contributed by atoms with Crippen LogP contribution in [-0.4, -0.2) is 18.8 Å². The SMILES string of the molecule is CCCCCCCC/C=C\CCCCCCCCN.CO. The highest BCUT2D eigenvalue weighted by Crippen LogP contribution is 2.09. The van der Waals surface area contributed by atoms with Crippen LogP contribution in [0.3, 0.4) is 0 Å². The molecule has 0 aromatic carbocycles. The first-order valence-corrected chi connectivity index (χ1v) is 9.21. The molecule has 0 aromatic rings. The van der Waals surface area contributed by atoms with Crippen LogP contribution in [0.25, 0.3) is 0 Å². The average Bonchev–Trinajstić information content (AvgIpc) is 2.53. The van der Waals surface area contributed by atoms with Crippen LogP contribution in [0.15, 0.2) is 12.2 Å². The third-order valence-electron chi connectivity index (χ3n) is 3.72. The van der Waals surface area contributed by atoms with E-state index in [2.05, 4.69) is 19.1 Å². The maximum Gasteiger partial charge on any atom is 0.0319 e. The third-order valence-corrected chi connectivity index (χ3v) is 3.72. The van der Waals surface area contributed by atoms with Gasteiger partial charge in [-0.2, -0.15) is 0 Å². The molecule has 0 aliphatic carbocycles. The van der Waals surface area contributed by atoms with E-state index in [4.69, 9.17) is 10.8 Å². The summed E-state index contributed by atoms with van der Waals surface area (Å²) in [5.41, 5.74) is 5.47. The Morgan fingerprint density at radius 2 is 1.00 bits per heavy atom. The Kier molecular flexibility index (Phi) is 26.9. The van der Waals surface area contributed by atoms with Crippen LogP contribution in [0.4, 0.5) is 0 Å². The zero-order chi connectivity index (χ0) is 16.0. The van der Waals surface area contributed by atoms with E-state index in [-0.39, 0.29) is 0 Å².